The maximum atomic E-state index is 13.0. The lowest BCUT2D eigenvalue weighted by molar-refractivity contribution is 0.390. The Balaban J connectivity index is 2.02. The zero-order chi connectivity index (χ0) is 17.3. The van der Waals surface area contributed by atoms with Crippen LogP contribution in [0.1, 0.15) is 10.9 Å². The average molecular weight is 449 g/mol. The molecule has 0 aliphatic carbocycles. The van der Waals surface area contributed by atoms with Gasteiger partial charge in [0.25, 0.3) is 0 Å². The van der Waals surface area contributed by atoms with Crippen LogP contribution in [0.15, 0.2) is 51.8 Å². The highest BCUT2D eigenvalue weighted by molar-refractivity contribution is 9.10. The number of sulfonamides is 1. The van der Waals surface area contributed by atoms with Crippen LogP contribution < -0.4 is 4.74 Å². The van der Waals surface area contributed by atoms with Crippen molar-refractivity contribution in [1.29, 1.82) is 0 Å². The van der Waals surface area contributed by atoms with Gasteiger partial charge in [-0.15, -0.1) is 11.8 Å². The van der Waals surface area contributed by atoms with Crippen LogP contribution in [0.2, 0.25) is 5.02 Å². The molecule has 3 rings (SSSR count). The van der Waals surface area contributed by atoms with Crippen molar-refractivity contribution < 1.29 is 13.2 Å². The van der Waals surface area contributed by atoms with Crippen LogP contribution in [0.3, 0.4) is 0 Å². The summed E-state index contributed by atoms with van der Waals surface area (Å²) in [5, 5.41) is 0.188. The molecule has 1 saturated heterocycles. The summed E-state index contributed by atoms with van der Waals surface area (Å²) in [6.07, 6.45) is 0. The van der Waals surface area contributed by atoms with Gasteiger partial charge in [0.05, 0.1) is 17.4 Å². The highest BCUT2D eigenvalue weighted by Gasteiger charge is 2.38. The Bertz CT molecular complexity index is 843. The Hall–Kier alpha value is -0.730. The van der Waals surface area contributed by atoms with Gasteiger partial charge >= 0.3 is 0 Å². The summed E-state index contributed by atoms with van der Waals surface area (Å²) in [4.78, 5) is 0.244. The second-order valence-corrected chi connectivity index (χ2v) is 9.61. The van der Waals surface area contributed by atoms with Crippen molar-refractivity contribution in [3.8, 4) is 5.75 Å². The molecule has 0 radical (unpaired) electrons. The lowest BCUT2D eigenvalue weighted by Gasteiger charge is -2.25. The number of benzene rings is 2. The summed E-state index contributed by atoms with van der Waals surface area (Å²) in [5.74, 6) is 1.40. The van der Waals surface area contributed by atoms with Crippen LogP contribution in [0.4, 0.5) is 0 Å². The SMILES string of the molecule is COc1ccc(Br)cc1C1SCCN1S(=O)(=O)c1ccc(Cl)cc1. The van der Waals surface area contributed by atoms with Gasteiger partial charge in [-0.3, -0.25) is 0 Å². The Kier molecular flexibility index (Phi) is 5.46. The summed E-state index contributed by atoms with van der Waals surface area (Å²) in [6.45, 7) is 0.454. The van der Waals surface area contributed by atoms with Gasteiger partial charge < -0.3 is 4.74 Å². The number of ether oxygens (including phenoxy) is 1. The number of rotatable bonds is 4. The molecule has 0 N–H and O–H groups in total. The lowest BCUT2D eigenvalue weighted by atomic mass is 10.2. The number of hydrogen-bond donors (Lipinski definition) is 0. The summed E-state index contributed by atoms with van der Waals surface area (Å²) in [7, 11) is -2.02. The molecule has 128 valence electrons. The monoisotopic (exact) mass is 447 g/mol. The molecule has 1 unspecified atom stereocenters. The van der Waals surface area contributed by atoms with E-state index in [4.69, 9.17) is 16.3 Å². The van der Waals surface area contributed by atoms with Crippen molar-refractivity contribution >= 4 is 49.3 Å². The van der Waals surface area contributed by atoms with Crippen molar-refractivity contribution in [2.45, 2.75) is 10.3 Å². The van der Waals surface area contributed by atoms with Crippen molar-refractivity contribution in [1.82, 2.24) is 4.31 Å². The van der Waals surface area contributed by atoms with E-state index in [1.807, 2.05) is 18.2 Å². The number of hydrogen-bond acceptors (Lipinski definition) is 4. The van der Waals surface area contributed by atoms with Gasteiger partial charge in [-0.05, 0) is 42.5 Å². The first kappa shape index (κ1) is 18.1. The Morgan fingerprint density at radius 2 is 1.96 bits per heavy atom. The third-order valence-corrected chi connectivity index (χ3v) is 7.73. The van der Waals surface area contributed by atoms with Crippen LogP contribution in [-0.4, -0.2) is 32.1 Å². The van der Waals surface area contributed by atoms with E-state index in [9.17, 15) is 8.42 Å². The van der Waals surface area contributed by atoms with Crippen LogP contribution >= 0.6 is 39.3 Å². The van der Waals surface area contributed by atoms with Gasteiger partial charge in [0, 0.05) is 27.4 Å². The largest absolute Gasteiger partial charge is 0.496 e. The first-order valence-electron chi connectivity index (χ1n) is 7.16. The Morgan fingerprint density at radius 1 is 1.25 bits per heavy atom. The molecule has 0 amide bonds. The van der Waals surface area contributed by atoms with Gasteiger partial charge in [-0.1, -0.05) is 27.5 Å². The number of nitrogens with zero attached hydrogens (tertiary/aromatic N) is 1. The molecule has 2 aromatic rings. The van der Waals surface area contributed by atoms with E-state index < -0.39 is 10.0 Å². The Labute approximate surface area is 159 Å². The first-order chi connectivity index (χ1) is 11.4. The van der Waals surface area contributed by atoms with Crippen molar-refractivity contribution in [2.75, 3.05) is 19.4 Å². The standard InChI is InChI=1S/C16H15BrClNO3S2/c1-22-15-7-2-11(17)10-14(15)16-19(8-9-23-16)24(20,21)13-5-3-12(18)4-6-13/h2-7,10,16H,8-9H2,1H3. The molecule has 1 atom stereocenters. The highest BCUT2D eigenvalue weighted by atomic mass is 79.9. The van der Waals surface area contributed by atoms with Crippen molar-refractivity contribution in [3.05, 3.63) is 57.5 Å². The average Bonchev–Trinajstić information content (AvgIpc) is 3.05. The molecule has 0 saturated carbocycles. The van der Waals surface area contributed by atoms with Crippen LogP contribution in [0.5, 0.6) is 5.75 Å². The molecule has 1 aliphatic heterocycles. The van der Waals surface area contributed by atoms with Gasteiger partial charge in [-0.2, -0.15) is 4.31 Å². The quantitative estimate of drug-likeness (QED) is 0.688. The maximum Gasteiger partial charge on any atom is 0.244 e. The molecule has 4 nitrogen and oxygen atoms in total. The normalized spacial score (nSPS) is 18.7. The van der Waals surface area contributed by atoms with E-state index in [2.05, 4.69) is 15.9 Å². The second-order valence-electron chi connectivity index (χ2n) is 5.18. The van der Waals surface area contributed by atoms with E-state index >= 15 is 0 Å². The van der Waals surface area contributed by atoms with Gasteiger partial charge in [-0.25, -0.2) is 8.42 Å². The molecular weight excluding hydrogens is 434 g/mol. The van der Waals surface area contributed by atoms with Gasteiger partial charge in [0.15, 0.2) is 0 Å². The van der Waals surface area contributed by atoms with E-state index in [-0.39, 0.29) is 10.3 Å². The lowest BCUT2D eigenvalue weighted by Crippen LogP contribution is -2.30. The molecule has 8 heteroatoms. The van der Waals surface area contributed by atoms with Crippen LogP contribution in [0.25, 0.3) is 0 Å². The third kappa shape index (κ3) is 3.46. The van der Waals surface area contributed by atoms with Crippen LogP contribution in [-0.2, 0) is 10.0 Å². The molecule has 0 spiro atoms. The molecule has 2 aromatic carbocycles. The van der Waals surface area contributed by atoms with E-state index in [0.717, 1.165) is 15.8 Å². The van der Waals surface area contributed by atoms with E-state index in [1.54, 1.807) is 31.0 Å². The smallest absolute Gasteiger partial charge is 0.244 e. The van der Waals surface area contributed by atoms with Crippen molar-refractivity contribution in [3.63, 3.8) is 0 Å². The highest BCUT2D eigenvalue weighted by Crippen LogP contribution is 2.45. The minimum absolute atomic E-state index is 0.244. The summed E-state index contributed by atoms with van der Waals surface area (Å²) >= 11 is 10.9. The van der Waals surface area contributed by atoms with Crippen molar-refractivity contribution in [2.24, 2.45) is 0 Å². The van der Waals surface area contributed by atoms with Gasteiger partial charge in [0.1, 0.15) is 5.75 Å². The molecule has 1 heterocycles. The second kappa shape index (κ2) is 7.25. The van der Waals surface area contributed by atoms with E-state index in [1.165, 1.54) is 16.4 Å². The topological polar surface area (TPSA) is 46.6 Å². The first-order valence-corrected chi connectivity index (χ1v) is 10.8. The predicted molar refractivity (Wildman–Crippen MR) is 101 cm³/mol. The fourth-order valence-electron chi connectivity index (χ4n) is 2.59. The minimum Gasteiger partial charge on any atom is -0.496 e. The summed E-state index contributed by atoms with van der Waals surface area (Å²) in [6, 6.07) is 11.9. The molecule has 1 aliphatic rings. The molecule has 24 heavy (non-hydrogen) atoms. The predicted octanol–water partition coefficient (Wildman–Crippen LogP) is 4.55. The number of halogens is 2. The Morgan fingerprint density at radius 3 is 2.62 bits per heavy atom. The molecular formula is C16H15BrClNO3S2. The van der Waals surface area contributed by atoms with Crippen LogP contribution in [0, 0.1) is 0 Å². The van der Waals surface area contributed by atoms with E-state index in [0.29, 0.717) is 17.3 Å². The molecule has 1 fully saturated rings. The maximum absolute atomic E-state index is 13.0. The molecule has 0 aromatic heterocycles. The third-order valence-electron chi connectivity index (χ3n) is 3.73. The zero-order valence-corrected chi connectivity index (χ0v) is 16.8. The minimum atomic E-state index is -3.61. The summed E-state index contributed by atoms with van der Waals surface area (Å²) in [5.41, 5.74) is 0.840. The fourth-order valence-corrected chi connectivity index (χ4v) is 6.34. The number of thioether (sulfide) groups is 1. The summed E-state index contributed by atoms with van der Waals surface area (Å²) < 4.78 is 33.9. The van der Waals surface area contributed by atoms with Gasteiger partial charge in [0.2, 0.25) is 10.0 Å². The number of methoxy groups -OCH3 is 1. The molecule has 0 bridgehead atoms. The fraction of sp³-hybridized carbons (Fsp3) is 0.250. The zero-order valence-electron chi connectivity index (χ0n) is 12.8.